The third-order valence-corrected chi connectivity index (χ3v) is 3.76. The number of rotatable bonds is 8. The van der Waals surface area contributed by atoms with Gasteiger partial charge in [0.1, 0.15) is 11.9 Å². The summed E-state index contributed by atoms with van der Waals surface area (Å²) in [6.07, 6.45) is 2.82. The van der Waals surface area contributed by atoms with Crippen molar-refractivity contribution in [2.45, 2.75) is 38.3 Å². The van der Waals surface area contributed by atoms with Crippen molar-refractivity contribution in [1.82, 2.24) is 5.32 Å². The van der Waals surface area contributed by atoms with Crippen LogP contribution in [0.15, 0.2) is 24.3 Å². The molecule has 0 amide bonds. The van der Waals surface area contributed by atoms with Crippen LogP contribution in [0.25, 0.3) is 0 Å². The fourth-order valence-electron chi connectivity index (χ4n) is 2.39. The highest BCUT2D eigenvalue weighted by Gasteiger charge is 2.29. The fraction of sp³-hybridized carbons (Fsp3) is 0.562. The van der Waals surface area contributed by atoms with Crippen LogP contribution in [0.5, 0.6) is 0 Å². The summed E-state index contributed by atoms with van der Waals surface area (Å²) in [5.41, 5.74) is 0.579. The van der Waals surface area contributed by atoms with Crippen LogP contribution in [-0.4, -0.2) is 38.3 Å². The van der Waals surface area contributed by atoms with Gasteiger partial charge in [0.25, 0.3) is 0 Å². The Kier molecular flexibility index (Phi) is 5.56. The normalized spacial score (nSPS) is 15.6. The van der Waals surface area contributed by atoms with Crippen molar-refractivity contribution in [2.75, 3.05) is 25.1 Å². The van der Waals surface area contributed by atoms with Crippen LogP contribution in [0.1, 0.15) is 26.2 Å². The number of methoxy groups -OCH3 is 1. The smallest absolute Gasteiger partial charge is 0.322 e. The molecule has 0 radical (unpaired) electrons. The van der Waals surface area contributed by atoms with Crippen LogP contribution >= 0.6 is 0 Å². The highest BCUT2D eigenvalue weighted by Crippen LogP contribution is 2.22. The van der Waals surface area contributed by atoms with Gasteiger partial charge in [0.15, 0.2) is 0 Å². The first kappa shape index (κ1) is 15.8. The number of para-hydroxylation sites is 1. The van der Waals surface area contributed by atoms with Gasteiger partial charge in [-0.05, 0) is 38.3 Å². The molecule has 1 unspecified atom stereocenters. The number of esters is 1. The van der Waals surface area contributed by atoms with E-state index in [9.17, 15) is 9.18 Å². The molecule has 5 heteroatoms. The standard InChI is InChI=1S/C16H23FN2O2/c1-3-19(15-7-5-4-6-13(15)17)11-10-14(16(20)21-2)18-12-8-9-12/h4-7,12,14,18H,3,8-11H2,1-2H3. The van der Waals surface area contributed by atoms with Gasteiger partial charge in [0, 0.05) is 19.1 Å². The second kappa shape index (κ2) is 7.41. The van der Waals surface area contributed by atoms with E-state index >= 15 is 0 Å². The zero-order valence-electron chi connectivity index (χ0n) is 12.6. The Morgan fingerprint density at radius 2 is 2.19 bits per heavy atom. The van der Waals surface area contributed by atoms with E-state index in [1.165, 1.54) is 13.2 Å². The van der Waals surface area contributed by atoms with Crippen LogP contribution in [0, 0.1) is 5.82 Å². The minimum Gasteiger partial charge on any atom is -0.468 e. The summed E-state index contributed by atoms with van der Waals surface area (Å²) in [6.45, 7) is 3.28. The van der Waals surface area contributed by atoms with E-state index in [0.29, 0.717) is 31.2 Å². The highest BCUT2D eigenvalue weighted by atomic mass is 19.1. The molecule has 1 aromatic rings. The van der Waals surface area contributed by atoms with Crippen molar-refractivity contribution in [2.24, 2.45) is 0 Å². The molecule has 4 nitrogen and oxygen atoms in total. The molecule has 0 aromatic heterocycles. The molecule has 116 valence electrons. The monoisotopic (exact) mass is 294 g/mol. The summed E-state index contributed by atoms with van der Waals surface area (Å²) < 4.78 is 18.7. The molecule has 2 rings (SSSR count). The molecule has 1 aromatic carbocycles. The van der Waals surface area contributed by atoms with Crippen LogP contribution in [0.3, 0.4) is 0 Å². The summed E-state index contributed by atoms with van der Waals surface area (Å²) in [6, 6.07) is 6.83. The average Bonchev–Trinajstić information content (AvgIpc) is 3.31. The molecular weight excluding hydrogens is 271 g/mol. The predicted molar refractivity (Wildman–Crippen MR) is 80.9 cm³/mol. The number of carbonyl (C=O) groups is 1. The number of carbonyl (C=O) groups excluding carboxylic acids is 1. The largest absolute Gasteiger partial charge is 0.468 e. The number of halogens is 1. The second-order valence-corrected chi connectivity index (χ2v) is 5.34. The average molecular weight is 294 g/mol. The lowest BCUT2D eigenvalue weighted by Crippen LogP contribution is -2.42. The lowest BCUT2D eigenvalue weighted by Gasteiger charge is -2.26. The van der Waals surface area contributed by atoms with Gasteiger partial charge >= 0.3 is 5.97 Å². The second-order valence-electron chi connectivity index (χ2n) is 5.34. The van der Waals surface area contributed by atoms with Crippen LogP contribution < -0.4 is 10.2 Å². The van der Waals surface area contributed by atoms with E-state index in [0.717, 1.165) is 12.8 Å². The number of benzene rings is 1. The Balaban J connectivity index is 1.96. The van der Waals surface area contributed by atoms with Gasteiger partial charge in [-0.1, -0.05) is 12.1 Å². The highest BCUT2D eigenvalue weighted by molar-refractivity contribution is 5.75. The first-order valence-corrected chi connectivity index (χ1v) is 7.49. The number of anilines is 1. The third kappa shape index (κ3) is 4.43. The first-order chi connectivity index (χ1) is 10.2. The van der Waals surface area contributed by atoms with Gasteiger partial charge in [0.2, 0.25) is 0 Å². The van der Waals surface area contributed by atoms with Crippen molar-refractivity contribution in [3.05, 3.63) is 30.1 Å². The van der Waals surface area contributed by atoms with E-state index in [1.807, 2.05) is 17.9 Å². The topological polar surface area (TPSA) is 41.6 Å². The maximum atomic E-state index is 13.8. The van der Waals surface area contributed by atoms with Gasteiger partial charge < -0.3 is 15.0 Å². The van der Waals surface area contributed by atoms with Crippen LogP contribution in [0.2, 0.25) is 0 Å². The Morgan fingerprint density at radius 1 is 1.48 bits per heavy atom. The quantitative estimate of drug-likeness (QED) is 0.747. The van der Waals surface area contributed by atoms with Crippen LogP contribution in [-0.2, 0) is 9.53 Å². The van der Waals surface area contributed by atoms with E-state index in [4.69, 9.17) is 4.74 Å². The molecule has 1 fully saturated rings. The lowest BCUT2D eigenvalue weighted by atomic mass is 10.1. The fourth-order valence-corrected chi connectivity index (χ4v) is 2.39. The Labute approximate surface area is 125 Å². The molecule has 1 atom stereocenters. The summed E-state index contributed by atoms with van der Waals surface area (Å²) in [7, 11) is 1.40. The van der Waals surface area contributed by atoms with Gasteiger partial charge in [-0.25, -0.2) is 4.39 Å². The lowest BCUT2D eigenvalue weighted by molar-refractivity contribution is -0.143. The number of hydrogen-bond acceptors (Lipinski definition) is 4. The maximum Gasteiger partial charge on any atom is 0.322 e. The minimum absolute atomic E-state index is 0.232. The van der Waals surface area contributed by atoms with E-state index in [1.54, 1.807) is 12.1 Å². The van der Waals surface area contributed by atoms with Crippen molar-refractivity contribution >= 4 is 11.7 Å². The Bertz CT molecular complexity index is 477. The summed E-state index contributed by atoms with van der Waals surface area (Å²) in [4.78, 5) is 13.7. The van der Waals surface area contributed by atoms with Crippen molar-refractivity contribution in [3.63, 3.8) is 0 Å². The molecule has 1 N–H and O–H groups in total. The number of hydrogen-bond donors (Lipinski definition) is 1. The molecule has 1 aliphatic carbocycles. The summed E-state index contributed by atoms with van der Waals surface area (Å²) in [5.74, 6) is -0.476. The third-order valence-electron chi connectivity index (χ3n) is 3.76. The molecule has 0 heterocycles. The zero-order valence-corrected chi connectivity index (χ0v) is 12.6. The van der Waals surface area contributed by atoms with Gasteiger partial charge in [0.05, 0.1) is 12.8 Å². The van der Waals surface area contributed by atoms with Gasteiger partial charge in [-0.2, -0.15) is 0 Å². The van der Waals surface area contributed by atoms with Crippen molar-refractivity contribution in [3.8, 4) is 0 Å². The molecule has 1 saturated carbocycles. The molecule has 1 aliphatic rings. The van der Waals surface area contributed by atoms with E-state index in [2.05, 4.69) is 5.32 Å². The predicted octanol–water partition coefficient (Wildman–Crippen LogP) is 2.34. The van der Waals surface area contributed by atoms with Crippen LogP contribution in [0.4, 0.5) is 10.1 Å². The molecule has 21 heavy (non-hydrogen) atoms. The molecular formula is C16H23FN2O2. The maximum absolute atomic E-state index is 13.8. The molecule has 0 aliphatic heterocycles. The van der Waals surface area contributed by atoms with Crippen molar-refractivity contribution in [1.29, 1.82) is 0 Å². The zero-order chi connectivity index (χ0) is 15.2. The molecule has 0 bridgehead atoms. The Morgan fingerprint density at radius 3 is 2.76 bits per heavy atom. The van der Waals surface area contributed by atoms with Gasteiger partial charge in [-0.3, -0.25) is 4.79 Å². The summed E-state index contributed by atoms with van der Waals surface area (Å²) in [5, 5.41) is 3.29. The SMILES string of the molecule is CCN(CCC(NC1CC1)C(=O)OC)c1ccccc1F. The molecule has 0 spiro atoms. The number of nitrogens with zero attached hydrogens (tertiary/aromatic N) is 1. The Hall–Kier alpha value is -1.62. The van der Waals surface area contributed by atoms with E-state index < -0.39 is 0 Å². The summed E-state index contributed by atoms with van der Waals surface area (Å²) >= 11 is 0. The van der Waals surface area contributed by atoms with Crippen molar-refractivity contribution < 1.29 is 13.9 Å². The number of nitrogens with one attached hydrogen (secondary N) is 1. The van der Waals surface area contributed by atoms with E-state index in [-0.39, 0.29) is 17.8 Å². The number of ether oxygens (including phenoxy) is 1. The first-order valence-electron chi connectivity index (χ1n) is 7.49. The molecule has 0 saturated heterocycles. The van der Waals surface area contributed by atoms with Gasteiger partial charge in [-0.15, -0.1) is 0 Å². The minimum atomic E-state index is -0.316.